The van der Waals surface area contributed by atoms with Crippen LogP contribution in [0.15, 0.2) is 23.3 Å². The normalized spacial score (nSPS) is 10.5. The van der Waals surface area contributed by atoms with E-state index in [4.69, 9.17) is 23.7 Å². The lowest BCUT2D eigenvalue weighted by molar-refractivity contribution is -0.386. The maximum atomic E-state index is 12.5. The van der Waals surface area contributed by atoms with Crippen molar-refractivity contribution in [3.8, 4) is 34.5 Å². The minimum absolute atomic E-state index is 0.125. The van der Waals surface area contributed by atoms with Crippen molar-refractivity contribution in [3.63, 3.8) is 0 Å². The zero-order chi connectivity index (χ0) is 23.1. The van der Waals surface area contributed by atoms with Crippen LogP contribution in [0.4, 0.5) is 5.69 Å². The van der Waals surface area contributed by atoms with Crippen LogP contribution in [0.1, 0.15) is 15.9 Å². The van der Waals surface area contributed by atoms with Gasteiger partial charge in [0.05, 0.1) is 52.3 Å². The van der Waals surface area contributed by atoms with E-state index in [1.807, 2.05) is 0 Å². The third-order valence-corrected chi connectivity index (χ3v) is 4.13. The quantitative estimate of drug-likeness (QED) is 0.343. The molecule has 0 radical (unpaired) electrons. The number of aromatic hydroxyl groups is 1. The lowest BCUT2D eigenvalue weighted by atomic mass is 10.1. The molecule has 0 unspecified atom stereocenters. The Bertz CT molecular complexity index is 996. The first-order valence-electron chi connectivity index (χ1n) is 8.58. The number of ether oxygens (including phenoxy) is 5. The number of hydrogen-bond donors (Lipinski definition) is 2. The second kappa shape index (κ2) is 10.0. The van der Waals surface area contributed by atoms with Gasteiger partial charge in [0.1, 0.15) is 5.75 Å². The van der Waals surface area contributed by atoms with Crippen LogP contribution in [0.5, 0.6) is 34.5 Å². The molecule has 0 spiro atoms. The monoisotopic (exact) mass is 435 g/mol. The SMILES string of the molecule is COc1cc(C(=O)N/N=C\c2c(O)cc(OC)c([N+](=O)[O-])c2OC)cc(OC)c1OC. The summed E-state index contributed by atoms with van der Waals surface area (Å²) in [5.41, 5.74) is 1.77. The van der Waals surface area contributed by atoms with E-state index in [0.29, 0.717) is 5.75 Å². The number of rotatable bonds is 9. The standard InChI is InChI=1S/C19H21N3O9/c1-27-13-8-12(23)11(17(30-4)16(13)22(25)26)9-20-21-19(24)10-6-14(28-2)18(31-5)15(7-10)29-3/h6-9,23H,1-5H3,(H,21,24)/b20-9-. The highest BCUT2D eigenvalue weighted by Crippen LogP contribution is 2.43. The third kappa shape index (κ3) is 4.69. The summed E-state index contributed by atoms with van der Waals surface area (Å²) in [6.07, 6.45) is 1.01. The van der Waals surface area contributed by atoms with Crippen molar-refractivity contribution in [1.29, 1.82) is 0 Å². The smallest absolute Gasteiger partial charge is 0.353 e. The lowest BCUT2D eigenvalue weighted by Gasteiger charge is -2.13. The number of nitro benzene ring substituents is 1. The molecule has 0 aromatic heterocycles. The first kappa shape index (κ1) is 23.1. The molecule has 31 heavy (non-hydrogen) atoms. The van der Waals surface area contributed by atoms with Crippen molar-refractivity contribution in [2.75, 3.05) is 35.5 Å². The first-order chi connectivity index (χ1) is 14.8. The van der Waals surface area contributed by atoms with Gasteiger partial charge < -0.3 is 28.8 Å². The summed E-state index contributed by atoms with van der Waals surface area (Å²) >= 11 is 0. The number of phenols is 1. The Morgan fingerprint density at radius 2 is 1.52 bits per heavy atom. The number of carbonyl (C=O) groups excluding carboxylic acids is 1. The average Bonchev–Trinajstić information content (AvgIpc) is 2.77. The number of phenolic OH excluding ortho intramolecular Hbond substituents is 1. The maximum absolute atomic E-state index is 12.5. The van der Waals surface area contributed by atoms with E-state index < -0.39 is 22.3 Å². The summed E-state index contributed by atoms with van der Waals surface area (Å²) in [5.74, 6) is -0.681. The Hall–Kier alpha value is -4.22. The fourth-order valence-corrected chi connectivity index (χ4v) is 2.72. The Morgan fingerprint density at radius 3 is 1.97 bits per heavy atom. The summed E-state index contributed by atoms with van der Waals surface area (Å²) in [6, 6.07) is 3.88. The van der Waals surface area contributed by atoms with Gasteiger partial charge in [0.2, 0.25) is 17.2 Å². The predicted octanol–water partition coefficient (Wildman–Crippen LogP) is 2.11. The van der Waals surface area contributed by atoms with Crippen molar-refractivity contribution in [1.82, 2.24) is 5.43 Å². The third-order valence-electron chi connectivity index (χ3n) is 4.13. The topological polar surface area (TPSA) is 151 Å². The number of hydrogen-bond acceptors (Lipinski definition) is 10. The number of nitro groups is 1. The zero-order valence-electron chi connectivity index (χ0n) is 17.4. The molecule has 0 bridgehead atoms. The molecule has 0 saturated heterocycles. The molecule has 12 nitrogen and oxygen atoms in total. The molecule has 2 rings (SSSR count). The lowest BCUT2D eigenvalue weighted by Crippen LogP contribution is -2.18. The molecule has 0 atom stereocenters. The minimum Gasteiger partial charge on any atom is -0.507 e. The molecular formula is C19H21N3O9. The average molecular weight is 435 g/mol. The molecule has 2 aromatic rings. The molecule has 0 aliphatic heterocycles. The van der Waals surface area contributed by atoms with Gasteiger partial charge in [-0.15, -0.1) is 0 Å². The number of methoxy groups -OCH3 is 5. The highest BCUT2D eigenvalue weighted by molar-refractivity contribution is 5.97. The van der Waals surface area contributed by atoms with Crippen LogP contribution in [-0.2, 0) is 0 Å². The number of hydrazone groups is 1. The number of amides is 1. The minimum atomic E-state index is -0.719. The Kier molecular flexibility index (Phi) is 7.44. The molecule has 0 heterocycles. The molecule has 12 heteroatoms. The van der Waals surface area contributed by atoms with E-state index in [-0.39, 0.29) is 34.1 Å². The van der Waals surface area contributed by atoms with E-state index in [0.717, 1.165) is 12.3 Å². The van der Waals surface area contributed by atoms with Gasteiger partial charge in [0.25, 0.3) is 5.91 Å². The predicted molar refractivity (Wildman–Crippen MR) is 109 cm³/mol. The van der Waals surface area contributed by atoms with Crippen LogP contribution in [0.2, 0.25) is 0 Å². The summed E-state index contributed by atoms with van der Waals surface area (Å²) < 4.78 is 25.6. The molecule has 166 valence electrons. The fraction of sp³-hybridized carbons (Fsp3) is 0.263. The molecule has 0 fully saturated rings. The van der Waals surface area contributed by atoms with Crippen LogP contribution in [-0.4, -0.2) is 57.7 Å². The van der Waals surface area contributed by atoms with Gasteiger partial charge in [-0.3, -0.25) is 14.9 Å². The number of nitrogens with one attached hydrogen (secondary N) is 1. The van der Waals surface area contributed by atoms with Gasteiger partial charge in [-0.2, -0.15) is 5.10 Å². The van der Waals surface area contributed by atoms with E-state index >= 15 is 0 Å². The summed E-state index contributed by atoms with van der Waals surface area (Å²) in [7, 11) is 6.64. The van der Waals surface area contributed by atoms with E-state index in [9.17, 15) is 20.0 Å². The molecule has 0 saturated carbocycles. The van der Waals surface area contributed by atoms with Crippen molar-refractivity contribution in [2.24, 2.45) is 5.10 Å². The summed E-state index contributed by atoms with van der Waals surface area (Å²) in [6.45, 7) is 0. The van der Waals surface area contributed by atoms with Gasteiger partial charge in [-0.1, -0.05) is 0 Å². The molecule has 0 aliphatic rings. The highest BCUT2D eigenvalue weighted by atomic mass is 16.6. The van der Waals surface area contributed by atoms with Crippen LogP contribution >= 0.6 is 0 Å². The Morgan fingerprint density at radius 1 is 0.968 bits per heavy atom. The number of benzene rings is 2. The summed E-state index contributed by atoms with van der Waals surface area (Å²) in [4.78, 5) is 23.1. The van der Waals surface area contributed by atoms with Crippen LogP contribution < -0.4 is 29.1 Å². The zero-order valence-corrected chi connectivity index (χ0v) is 17.4. The first-order valence-corrected chi connectivity index (χ1v) is 8.58. The van der Waals surface area contributed by atoms with Crippen LogP contribution in [0.3, 0.4) is 0 Å². The molecule has 2 aromatic carbocycles. The largest absolute Gasteiger partial charge is 0.507 e. The molecule has 0 aliphatic carbocycles. The molecule has 2 N–H and O–H groups in total. The van der Waals surface area contributed by atoms with E-state index in [2.05, 4.69) is 10.5 Å². The van der Waals surface area contributed by atoms with Crippen molar-refractivity contribution >= 4 is 17.8 Å². The Labute approximate surface area is 177 Å². The second-order valence-corrected chi connectivity index (χ2v) is 5.76. The second-order valence-electron chi connectivity index (χ2n) is 5.76. The van der Waals surface area contributed by atoms with Gasteiger partial charge >= 0.3 is 5.69 Å². The van der Waals surface area contributed by atoms with Crippen molar-refractivity contribution in [2.45, 2.75) is 0 Å². The number of nitrogens with zero attached hydrogens (tertiary/aromatic N) is 2. The van der Waals surface area contributed by atoms with Crippen molar-refractivity contribution in [3.05, 3.63) is 39.4 Å². The molecule has 1 amide bonds. The van der Waals surface area contributed by atoms with E-state index in [1.165, 1.54) is 47.7 Å². The van der Waals surface area contributed by atoms with Gasteiger partial charge in [0.15, 0.2) is 11.5 Å². The van der Waals surface area contributed by atoms with Crippen LogP contribution in [0, 0.1) is 10.1 Å². The highest BCUT2D eigenvalue weighted by Gasteiger charge is 2.28. The van der Waals surface area contributed by atoms with Gasteiger partial charge in [-0.05, 0) is 12.1 Å². The van der Waals surface area contributed by atoms with E-state index in [1.54, 1.807) is 0 Å². The maximum Gasteiger partial charge on any atom is 0.353 e. The Balaban J connectivity index is 2.38. The fourth-order valence-electron chi connectivity index (χ4n) is 2.72. The van der Waals surface area contributed by atoms with Gasteiger partial charge in [0, 0.05) is 11.6 Å². The summed E-state index contributed by atoms with van der Waals surface area (Å²) in [5, 5.41) is 25.3. The van der Waals surface area contributed by atoms with Crippen LogP contribution in [0.25, 0.3) is 0 Å². The molecular weight excluding hydrogens is 414 g/mol. The van der Waals surface area contributed by atoms with Crippen molar-refractivity contribution < 1.29 is 38.5 Å². The van der Waals surface area contributed by atoms with Gasteiger partial charge in [-0.25, -0.2) is 5.43 Å². The number of carbonyl (C=O) groups is 1.